The zero-order chi connectivity index (χ0) is 22.6. The summed E-state index contributed by atoms with van der Waals surface area (Å²) in [4.78, 5) is 17.7. The highest BCUT2D eigenvalue weighted by Crippen LogP contribution is 2.34. The van der Waals surface area contributed by atoms with Crippen molar-refractivity contribution in [2.24, 2.45) is 0 Å². The molecule has 0 radical (unpaired) electrons. The lowest BCUT2D eigenvalue weighted by Crippen LogP contribution is -2.37. The second-order valence-corrected chi connectivity index (χ2v) is 9.14. The van der Waals surface area contributed by atoms with Gasteiger partial charge in [0.05, 0.1) is 18.2 Å². The molecule has 5 rings (SSSR count). The average Bonchev–Trinajstić information content (AvgIpc) is 3.61. The number of nitrogens with zero attached hydrogens (tertiary/aromatic N) is 3. The van der Waals surface area contributed by atoms with Crippen molar-refractivity contribution in [3.63, 3.8) is 0 Å². The lowest BCUT2D eigenvalue weighted by atomic mass is 10.1. The summed E-state index contributed by atoms with van der Waals surface area (Å²) in [6, 6.07) is 17.1. The van der Waals surface area contributed by atoms with E-state index in [9.17, 15) is 4.79 Å². The van der Waals surface area contributed by atoms with Crippen LogP contribution in [0.2, 0.25) is 5.02 Å². The number of hydrogen-bond acceptors (Lipinski definition) is 5. The van der Waals surface area contributed by atoms with E-state index >= 15 is 0 Å². The first-order valence-corrected chi connectivity index (χ1v) is 12.0. The van der Waals surface area contributed by atoms with Gasteiger partial charge in [0.15, 0.2) is 0 Å². The van der Waals surface area contributed by atoms with E-state index in [2.05, 4.69) is 10.1 Å². The number of ether oxygens (including phenoxy) is 1. The Bertz CT molecular complexity index is 1070. The first-order chi connectivity index (χ1) is 16.2. The van der Waals surface area contributed by atoms with Gasteiger partial charge in [-0.15, -0.1) is 0 Å². The number of anilines is 1. The molecule has 2 aliphatic rings. The number of amides is 1. The van der Waals surface area contributed by atoms with Gasteiger partial charge in [0.1, 0.15) is 5.69 Å². The molecule has 33 heavy (non-hydrogen) atoms. The molecule has 0 aliphatic carbocycles. The van der Waals surface area contributed by atoms with Gasteiger partial charge in [-0.05, 0) is 49.9 Å². The molecule has 2 aliphatic heterocycles. The lowest BCUT2D eigenvalue weighted by molar-refractivity contribution is 0.0507. The van der Waals surface area contributed by atoms with Crippen molar-refractivity contribution in [2.45, 2.75) is 38.3 Å². The summed E-state index contributed by atoms with van der Waals surface area (Å²) in [6.45, 7) is 3.55. The smallest absolute Gasteiger partial charge is 0.254 e. The summed E-state index contributed by atoms with van der Waals surface area (Å²) in [7, 11) is 0. The molecule has 2 saturated heterocycles. The Morgan fingerprint density at radius 2 is 1.82 bits per heavy atom. The van der Waals surface area contributed by atoms with E-state index in [0.717, 1.165) is 68.1 Å². The molecular formula is C26H28ClN3O3. The number of benzene rings is 2. The predicted octanol–water partition coefficient (Wildman–Crippen LogP) is 5.42. The monoisotopic (exact) mass is 465 g/mol. The van der Waals surface area contributed by atoms with Crippen LogP contribution in [-0.2, 0) is 11.3 Å². The van der Waals surface area contributed by atoms with Crippen LogP contribution in [0.3, 0.4) is 0 Å². The van der Waals surface area contributed by atoms with Crippen LogP contribution < -0.4 is 4.90 Å². The van der Waals surface area contributed by atoms with Crippen LogP contribution in [0.4, 0.5) is 5.88 Å². The highest BCUT2D eigenvalue weighted by molar-refractivity contribution is 6.30. The maximum atomic E-state index is 13.6. The Morgan fingerprint density at radius 1 is 1.06 bits per heavy atom. The van der Waals surface area contributed by atoms with Crippen molar-refractivity contribution in [3.05, 3.63) is 70.7 Å². The summed E-state index contributed by atoms with van der Waals surface area (Å²) < 4.78 is 11.8. The van der Waals surface area contributed by atoms with E-state index in [0.29, 0.717) is 23.7 Å². The average molecular weight is 466 g/mol. The molecule has 0 bridgehead atoms. The van der Waals surface area contributed by atoms with Gasteiger partial charge in [-0.3, -0.25) is 4.79 Å². The number of hydrogen-bond donors (Lipinski definition) is 0. The molecule has 1 atom stereocenters. The van der Waals surface area contributed by atoms with Gasteiger partial charge in [0, 0.05) is 42.4 Å². The van der Waals surface area contributed by atoms with E-state index < -0.39 is 0 Å². The highest BCUT2D eigenvalue weighted by Gasteiger charge is 2.30. The van der Waals surface area contributed by atoms with E-state index in [4.69, 9.17) is 20.9 Å². The summed E-state index contributed by atoms with van der Waals surface area (Å²) >= 11 is 6.06. The Kier molecular flexibility index (Phi) is 6.65. The first kappa shape index (κ1) is 22.0. The normalized spacial score (nSPS) is 18.1. The second kappa shape index (κ2) is 9.98. The third-order valence-corrected chi connectivity index (χ3v) is 6.64. The minimum absolute atomic E-state index is 0.0384. The van der Waals surface area contributed by atoms with Gasteiger partial charge >= 0.3 is 0 Å². The molecule has 0 unspecified atom stereocenters. The topological polar surface area (TPSA) is 58.8 Å². The molecule has 172 valence electrons. The van der Waals surface area contributed by atoms with Crippen LogP contribution in [0.15, 0.2) is 59.1 Å². The molecule has 7 heteroatoms. The maximum Gasteiger partial charge on any atom is 0.254 e. The van der Waals surface area contributed by atoms with Gasteiger partial charge in [-0.2, -0.15) is 0 Å². The summed E-state index contributed by atoms with van der Waals surface area (Å²) in [6.07, 6.45) is 4.28. The summed E-state index contributed by atoms with van der Waals surface area (Å²) in [5.74, 6) is 0.724. The Balaban J connectivity index is 1.51. The van der Waals surface area contributed by atoms with E-state index in [1.807, 2.05) is 35.2 Å². The van der Waals surface area contributed by atoms with Crippen LogP contribution in [0.5, 0.6) is 0 Å². The van der Waals surface area contributed by atoms with Crippen LogP contribution in [0, 0.1) is 0 Å². The highest BCUT2D eigenvalue weighted by atomic mass is 35.5. The zero-order valence-electron chi connectivity index (χ0n) is 18.6. The fraction of sp³-hybridized carbons (Fsp3) is 0.385. The van der Waals surface area contributed by atoms with E-state index in [1.165, 1.54) is 0 Å². The minimum Gasteiger partial charge on any atom is -0.376 e. The van der Waals surface area contributed by atoms with Crippen molar-refractivity contribution in [1.82, 2.24) is 10.1 Å². The van der Waals surface area contributed by atoms with Gasteiger partial charge < -0.3 is 19.1 Å². The number of aromatic nitrogens is 1. The molecule has 2 aromatic carbocycles. The SMILES string of the molecule is O=C(c1ccc(Cl)cc1)N(Cc1c(-c2ccccc2)noc1N1CCCC1)C[C@H]1CCCO1. The summed E-state index contributed by atoms with van der Waals surface area (Å²) in [5.41, 5.74) is 3.33. The van der Waals surface area contributed by atoms with Crippen LogP contribution in [0.25, 0.3) is 11.3 Å². The van der Waals surface area contributed by atoms with Gasteiger partial charge in [-0.25, -0.2) is 0 Å². The molecule has 1 amide bonds. The molecule has 0 spiro atoms. The number of carbonyl (C=O) groups excluding carboxylic acids is 1. The Labute approximate surface area is 199 Å². The first-order valence-electron chi connectivity index (χ1n) is 11.6. The van der Waals surface area contributed by atoms with Gasteiger partial charge in [-0.1, -0.05) is 47.1 Å². The minimum atomic E-state index is -0.0465. The van der Waals surface area contributed by atoms with Gasteiger partial charge in [0.25, 0.3) is 5.91 Å². The quantitative estimate of drug-likeness (QED) is 0.466. The maximum absolute atomic E-state index is 13.6. The number of rotatable bonds is 7. The van der Waals surface area contributed by atoms with Crippen LogP contribution in [0.1, 0.15) is 41.6 Å². The molecular weight excluding hydrogens is 438 g/mol. The Morgan fingerprint density at radius 3 is 2.52 bits per heavy atom. The molecule has 6 nitrogen and oxygen atoms in total. The van der Waals surface area contributed by atoms with Gasteiger partial charge in [0.2, 0.25) is 5.88 Å². The fourth-order valence-corrected chi connectivity index (χ4v) is 4.78. The van der Waals surface area contributed by atoms with Crippen LogP contribution in [-0.4, -0.2) is 48.3 Å². The van der Waals surface area contributed by atoms with Crippen molar-refractivity contribution < 1.29 is 14.1 Å². The van der Waals surface area contributed by atoms with Crippen molar-refractivity contribution in [1.29, 1.82) is 0 Å². The molecule has 1 aromatic heterocycles. The largest absolute Gasteiger partial charge is 0.376 e. The summed E-state index contributed by atoms with van der Waals surface area (Å²) in [5, 5.41) is 5.07. The molecule has 0 N–H and O–H groups in total. The van der Waals surface area contributed by atoms with E-state index in [1.54, 1.807) is 24.3 Å². The zero-order valence-corrected chi connectivity index (χ0v) is 19.3. The second-order valence-electron chi connectivity index (χ2n) is 8.70. The third-order valence-electron chi connectivity index (χ3n) is 6.38. The lowest BCUT2D eigenvalue weighted by Gasteiger charge is -2.27. The molecule has 3 heterocycles. The van der Waals surface area contributed by atoms with Crippen molar-refractivity contribution in [3.8, 4) is 11.3 Å². The molecule has 3 aromatic rings. The number of halogens is 1. The number of carbonyl (C=O) groups is 1. The predicted molar refractivity (Wildman–Crippen MR) is 129 cm³/mol. The standard InChI is InChI=1S/C26H28ClN3O3/c27-21-12-10-20(11-13-21)25(31)30(17-22-9-6-16-32-22)18-23-24(19-7-2-1-3-8-19)28-33-26(23)29-14-4-5-15-29/h1-3,7-8,10-13,22H,4-6,9,14-18H2/t22-/m1/s1. The molecule has 0 saturated carbocycles. The third kappa shape index (κ3) is 4.92. The molecule has 2 fully saturated rings. The fourth-order valence-electron chi connectivity index (χ4n) is 4.65. The van der Waals surface area contributed by atoms with Crippen molar-refractivity contribution >= 4 is 23.4 Å². The van der Waals surface area contributed by atoms with Crippen LogP contribution >= 0.6 is 11.6 Å². The Hall–Kier alpha value is -2.83. The van der Waals surface area contributed by atoms with E-state index in [-0.39, 0.29) is 12.0 Å². The van der Waals surface area contributed by atoms with Crippen molar-refractivity contribution in [2.75, 3.05) is 31.1 Å².